The maximum absolute atomic E-state index is 4.18. The molecule has 1 aromatic heterocycles. The van der Waals surface area contributed by atoms with Gasteiger partial charge in [0, 0.05) is 25.7 Å². The van der Waals surface area contributed by atoms with Crippen molar-refractivity contribution in [1.82, 2.24) is 20.3 Å². The summed E-state index contributed by atoms with van der Waals surface area (Å²) in [5.74, 6) is 1.90. The smallest absolute Gasteiger partial charge is 0.147 e. The third-order valence-electron chi connectivity index (χ3n) is 3.98. The molecule has 5 nitrogen and oxygen atoms in total. The van der Waals surface area contributed by atoms with Crippen LogP contribution in [0.1, 0.15) is 33.1 Å². The van der Waals surface area contributed by atoms with Gasteiger partial charge in [0.15, 0.2) is 0 Å². The zero-order valence-electron chi connectivity index (χ0n) is 11.8. The SMILES string of the molecule is CCCn1nncc1N1CCCC(C(C)NC)C1. The van der Waals surface area contributed by atoms with Gasteiger partial charge in [-0.3, -0.25) is 0 Å². The minimum atomic E-state index is 0.573. The van der Waals surface area contributed by atoms with Crippen molar-refractivity contribution in [2.24, 2.45) is 5.92 Å². The van der Waals surface area contributed by atoms with Crippen molar-refractivity contribution in [2.75, 3.05) is 25.0 Å². The third kappa shape index (κ3) is 2.83. The van der Waals surface area contributed by atoms with Crippen molar-refractivity contribution in [3.63, 3.8) is 0 Å². The third-order valence-corrected chi connectivity index (χ3v) is 3.98. The Morgan fingerprint density at radius 1 is 1.56 bits per heavy atom. The number of piperidine rings is 1. The molecule has 18 heavy (non-hydrogen) atoms. The van der Waals surface area contributed by atoms with E-state index in [2.05, 4.69) is 34.4 Å². The molecule has 1 aliphatic rings. The molecule has 5 heteroatoms. The van der Waals surface area contributed by atoms with E-state index < -0.39 is 0 Å². The minimum absolute atomic E-state index is 0.573. The van der Waals surface area contributed by atoms with Crippen LogP contribution in [0.3, 0.4) is 0 Å². The number of nitrogens with zero attached hydrogens (tertiary/aromatic N) is 4. The molecule has 1 aliphatic heterocycles. The van der Waals surface area contributed by atoms with Gasteiger partial charge in [0.05, 0.1) is 6.20 Å². The highest BCUT2D eigenvalue weighted by Gasteiger charge is 2.25. The largest absolute Gasteiger partial charge is 0.355 e. The molecule has 0 spiro atoms. The highest BCUT2D eigenvalue weighted by molar-refractivity contribution is 5.36. The van der Waals surface area contributed by atoms with Crippen LogP contribution in [0.5, 0.6) is 0 Å². The first-order valence-electron chi connectivity index (χ1n) is 7.07. The van der Waals surface area contributed by atoms with Crippen LogP contribution < -0.4 is 10.2 Å². The van der Waals surface area contributed by atoms with Crippen LogP contribution in [0.15, 0.2) is 6.20 Å². The molecule has 2 rings (SSSR count). The molecule has 0 aromatic carbocycles. The molecule has 0 amide bonds. The van der Waals surface area contributed by atoms with Crippen LogP contribution in [0.25, 0.3) is 0 Å². The molecule has 102 valence electrons. The fourth-order valence-electron chi connectivity index (χ4n) is 2.73. The number of hydrogen-bond acceptors (Lipinski definition) is 4. The van der Waals surface area contributed by atoms with E-state index in [-0.39, 0.29) is 0 Å². The van der Waals surface area contributed by atoms with Gasteiger partial charge in [-0.25, -0.2) is 4.68 Å². The summed E-state index contributed by atoms with van der Waals surface area (Å²) >= 11 is 0. The average molecular weight is 251 g/mol. The predicted molar refractivity (Wildman–Crippen MR) is 73.8 cm³/mol. The summed E-state index contributed by atoms with van der Waals surface area (Å²) in [5.41, 5.74) is 0. The molecule has 0 saturated carbocycles. The maximum Gasteiger partial charge on any atom is 0.147 e. The zero-order chi connectivity index (χ0) is 13.0. The Morgan fingerprint density at radius 3 is 3.11 bits per heavy atom. The van der Waals surface area contributed by atoms with Gasteiger partial charge in [0.1, 0.15) is 5.82 Å². The summed E-state index contributed by atoms with van der Waals surface area (Å²) in [6, 6.07) is 0.573. The molecular weight excluding hydrogens is 226 g/mol. The number of aromatic nitrogens is 3. The second-order valence-corrected chi connectivity index (χ2v) is 5.24. The molecule has 0 aliphatic carbocycles. The topological polar surface area (TPSA) is 46.0 Å². The molecule has 2 heterocycles. The second-order valence-electron chi connectivity index (χ2n) is 5.24. The summed E-state index contributed by atoms with van der Waals surface area (Å²) in [5, 5.41) is 11.6. The van der Waals surface area contributed by atoms with E-state index in [4.69, 9.17) is 0 Å². The van der Waals surface area contributed by atoms with Crippen LogP contribution in [0.4, 0.5) is 5.82 Å². The first kappa shape index (κ1) is 13.3. The Morgan fingerprint density at radius 2 is 2.39 bits per heavy atom. The number of rotatable bonds is 5. The van der Waals surface area contributed by atoms with Gasteiger partial charge in [-0.1, -0.05) is 12.1 Å². The molecular formula is C13H25N5. The van der Waals surface area contributed by atoms with E-state index in [1.165, 1.54) is 18.7 Å². The number of nitrogens with one attached hydrogen (secondary N) is 1. The molecule has 1 N–H and O–H groups in total. The standard InChI is InChI=1S/C13H25N5/c1-4-7-18-13(9-15-16-18)17-8-5-6-12(10-17)11(2)14-3/h9,11-12,14H,4-8,10H2,1-3H3. The molecule has 1 saturated heterocycles. The maximum atomic E-state index is 4.18. The second kappa shape index (κ2) is 6.18. The van der Waals surface area contributed by atoms with Gasteiger partial charge >= 0.3 is 0 Å². The molecule has 1 fully saturated rings. The highest BCUT2D eigenvalue weighted by Crippen LogP contribution is 2.24. The van der Waals surface area contributed by atoms with Gasteiger partial charge in [-0.15, -0.1) is 5.10 Å². The quantitative estimate of drug-likeness (QED) is 0.861. The number of aryl methyl sites for hydroxylation is 1. The van der Waals surface area contributed by atoms with Crippen LogP contribution in [0.2, 0.25) is 0 Å². The number of hydrogen-bond donors (Lipinski definition) is 1. The first-order chi connectivity index (χ1) is 8.76. The Bertz CT molecular complexity index is 362. The van der Waals surface area contributed by atoms with Gasteiger partial charge in [0.2, 0.25) is 0 Å². The Labute approximate surface area is 110 Å². The van der Waals surface area contributed by atoms with E-state index in [1.54, 1.807) is 0 Å². The van der Waals surface area contributed by atoms with E-state index in [0.29, 0.717) is 12.0 Å². The average Bonchev–Trinajstić information content (AvgIpc) is 2.87. The van der Waals surface area contributed by atoms with Crippen molar-refractivity contribution in [3.05, 3.63) is 6.20 Å². The van der Waals surface area contributed by atoms with Gasteiger partial charge in [-0.05, 0) is 39.2 Å². The van der Waals surface area contributed by atoms with Crippen LogP contribution >= 0.6 is 0 Å². The van der Waals surface area contributed by atoms with Crippen molar-refractivity contribution in [3.8, 4) is 0 Å². The first-order valence-corrected chi connectivity index (χ1v) is 7.07. The molecule has 2 unspecified atom stereocenters. The van der Waals surface area contributed by atoms with Gasteiger partial charge in [-0.2, -0.15) is 0 Å². The predicted octanol–water partition coefficient (Wildman–Crippen LogP) is 1.51. The van der Waals surface area contributed by atoms with E-state index in [0.717, 1.165) is 26.1 Å². The fraction of sp³-hybridized carbons (Fsp3) is 0.846. The fourth-order valence-corrected chi connectivity index (χ4v) is 2.73. The lowest BCUT2D eigenvalue weighted by Crippen LogP contribution is -2.44. The van der Waals surface area contributed by atoms with Crippen LogP contribution in [-0.4, -0.2) is 41.2 Å². The van der Waals surface area contributed by atoms with Gasteiger partial charge in [0.25, 0.3) is 0 Å². The summed E-state index contributed by atoms with van der Waals surface area (Å²) < 4.78 is 2.03. The number of anilines is 1. The Balaban J connectivity index is 2.05. The lowest BCUT2D eigenvalue weighted by atomic mass is 9.92. The minimum Gasteiger partial charge on any atom is -0.355 e. The normalized spacial score (nSPS) is 22.2. The van der Waals surface area contributed by atoms with E-state index in [1.807, 2.05) is 17.9 Å². The zero-order valence-corrected chi connectivity index (χ0v) is 11.8. The van der Waals surface area contributed by atoms with Crippen LogP contribution in [-0.2, 0) is 6.54 Å². The lowest BCUT2D eigenvalue weighted by molar-refractivity contribution is 0.330. The molecule has 2 atom stereocenters. The Kier molecular flexibility index (Phi) is 4.58. The van der Waals surface area contributed by atoms with E-state index >= 15 is 0 Å². The lowest BCUT2D eigenvalue weighted by Gasteiger charge is -2.36. The molecule has 0 radical (unpaired) electrons. The van der Waals surface area contributed by atoms with Crippen molar-refractivity contribution in [1.29, 1.82) is 0 Å². The van der Waals surface area contributed by atoms with Crippen LogP contribution in [0, 0.1) is 5.92 Å². The summed E-state index contributed by atoms with van der Waals surface area (Å²) in [7, 11) is 2.05. The van der Waals surface area contributed by atoms with Crippen molar-refractivity contribution in [2.45, 2.75) is 45.7 Å². The highest BCUT2D eigenvalue weighted by atomic mass is 15.5. The molecule has 0 bridgehead atoms. The summed E-state index contributed by atoms with van der Waals surface area (Å²) in [6.07, 6.45) is 5.57. The van der Waals surface area contributed by atoms with Crippen molar-refractivity contribution < 1.29 is 0 Å². The van der Waals surface area contributed by atoms with Gasteiger partial charge < -0.3 is 10.2 Å². The summed E-state index contributed by atoms with van der Waals surface area (Å²) in [4.78, 5) is 2.44. The monoisotopic (exact) mass is 251 g/mol. The summed E-state index contributed by atoms with van der Waals surface area (Å²) in [6.45, 7) is 7.64. The molecule has 1 aromatic rings. The Hall–Kier alpha value is -1.10. The van der Waals surface area contributed by atoms with Crippen molar-refractivity contribution >= 4 is 5.82 Å². The van der Waals surface area contributed by atoms with E-state index in [9.17, 15) is 0 Å².